The molecule has 3 rings (SSSR count). The predicted molar refractivity (Wildman–Crippen MR) is 77.4 cm³/mol. The highest BCUT2D eigenvalue weighted by atomic mass is 35.5. The van der Waals surface area contributed by atoms with E-state index in [2.05, 4.69) is 10.2 Å². The van der Waals surface area contributed by atoms with Gasteiger partial charge in [-0.3, -0.25) is 4.90 Å². The van der Waals surface area contributed by atoms with Crippen molar-refractivity contribution in [3.63, 3.8) is 0 Å². The standard InChI is InChI=1S/C15H20ClFN2/c1-11-8-13(17)14(9-12(11)16)18-10-15-4-2-6-19(15)7-3-5-15/h8-9,18H,2-7,10H2,1H3. The van der Waals surface area contributed by atoms with Crippen molar-refractivity contribution >= 4 is 17.3 Å². The van der Waals surface area contributed by atoms with Crippen LogP contribution >= 0.6 is 11.6 Å². The van der Waals surface area contributed by atoms with Crippen molar-refractivity contribution in [1.82, 2.24) is 4.90 Å². The molecule has 0 atom stereocenters. The van der Waals surface area contributed by atoms with Crippen LogP contribution in [0.25, 0.3) is 0 Å². The van der Waals surface area contributed by atoms with Crippen LogP contribution in [0.1, 0.15) is 31.2 Å². The smallest absolute Gasteiger partial charge is 0.146 e. The zero-order valence-corrected chi connectivity index (χ0v) is 12.1. The summed E-state index contributed by atoms with van der Waals surface area (Å²) in [5.41, 5.74) is 1.57. The van der Waals surface area contributed by atoms with Crippen LogP contribution in [0, 0.1) is 12.7 Å². The third-order valence-electron chi connectivity index (χ3n) is 4.67. The van der Waals surface area contributed by atoms with Gasteiger partial charge < -0.3 is 5.32 Å². The minimum absolute atomic E-state index is 0.208. The largest absolute Gasteiger partial charge is 0.381 e. The van der Waals surface area contributed by atoms with E-state index >= 15 is 0 Å². The minimum atomic E-state index is -0.208. The molecular weight excluding hydrogens is 263 g/mol. The van der Waals surface area contributed by atoms with Crippen molar-refractivity contribution in [2.24, 2.45) is 0 Å². The lowest BCUT2D eigenvalue weighted by molar-refractivity contribution is 0.209. The molecule has 0 amide bonds. The van der Waals surface area contributed by atoms with Gasteiger partial charge in [-0.15, -0.1) is 0 Å². The Kier molecular flexibility index (Phi) is 3.44. The van der Waals surface area contributed by atoms with Crippen LogP contribution in [0.15, 0.2) is 12.1 Å². The average Bonchev–Trinajstić information content (AvgIpc) is 2.91. The molecule has 2 nitrogen and oxygen atoms in total. The molecule has 19 heavy (non-hydrogen) atoms. The summed E-state index contributed by atoms with van der Waals surface area (Å²) in [5.74, 6) is -0.208. The van der Waals surface area contributed by atoms with E-state index in [1.807, 2.05) is 6.92 Å². The van der Waals surface area contributed by atoms with Gasteiger partial charge >= 0.3 is 0 Å². The lowest BCUT2D eigenvalue weighted by Crippen LogP contribution is -2.44. The highest BCUT2D eigenvalue weighted by Crippen LogP contribution is 2.39. The Morgan fingerprint density at radius 3 is 2.68 bits per heavy atom. The number of benzene rings is 1. The summed E-state index contributed by atoms with van der Waals surface area (Å²) in [6.07, 6.45) is 4.97. The van der Waals surface area contributed by atoms with E-state index in [0.29, 0.717) is 10.7 Å². The molecule has 1 N–H and O–H groups in total. The fourth-order valence-corrected chi connectivity index (χ4v) is 3.72. The van der Waals surface area contributed by atoms with Gasteiger partial charge in [0, 0.05) is 17.1 Å². The Morgan fingerprint density at radius 1 is 1.32 bits per heavy atom. The van der Waals surface area contributed by atoms with Gasteiger partial charge in [0.15, 0.2) is 0 Å². The first kappa shape index (κ1) is 13.2. The molecule has 0 aromatic heterocycles. The lowest BCUT2D eigenvalue weighted by atomic mass is 9.94. The summed E-state index contributed by atoms with van der Waals surface area (Å²) in [4.78, 5) is 2.56. The molecule has 2 saturated heterocycles. The van der Waals surface area contributed by atoms with E-state index in [0.717, 1.165) is 12.1 Å². The first-order valence-corrected chi connectivity index (χ1v) is 7.43. The van der Waals surface area contributed by atoms with Crippen molar-refractivity contribution in [3.8, 4) is 0 Å². The van der Waals surface area contributed by atoms with Crippen LogP contribution in [0.3, 0.4) is 0 Å². The topological polar surface area (TPSA) is 15.3 Å². The maximum absolute atomic E-state index is 13.9. The summed E-state index contributed by atoms with van der Waals surface area (Å²) in [6, 6.07) is 3.21. The van der Waals surface area contributed by atoms with Crippen LogP contribution in [-0.2, 0) is 0 Å². The number of nitrogens with one attached hydrogen (secondary N) is 1. The third-order valence-corrected chi connectivity index (χ3v) is 5.07. The summed E-state index contributed by atoms with van der Waals surface area (Å²) in [6.45, 7) is 5.03. The molecule has 0 unspecified atom stereocenters. The van der Waals surface area contributed by atoms with Crippen molar-refractivity contribution < 1.29 is 4.39 Å². The van der Waals surface area contributed by atoms with E-state index < -0.39 is 0 Å². The zero-order chi connectivity index (χ0) is 13.5. The highest BCUT2D eigenvalue weighted by Gasteiger charge is 2.43. The number of nitrogens with zero attached hydrogens (tertiary/aromatic N) is 1. The van der Waals surface area contributed by atoms with E-state index in [1.165, 1.54) is 44.8 Å². The van der Waals surface area contributed by atoms with Crippen LogP contribution in [0.4, 0.5) is 10.1 Å². The molecular formula is C15H20ClFN2. The van der Waals surface area contributed by atoms with Gasteiger partial charge in [-0.25, -0.2) is 4.39 Å². The van der Waals surface area contributed by atoms with Crippen LogP contribution in [0.5, 0.6) is 0 Å². The minimum Gasteiger partial charge on any atom is -0.381 e. The SMILES string of the molecule is Cc1cc(F)c(NCC23CCCN2CCC3)cc1Cl. The third kappa shape index (κ3) is 2.34. The maximum atomic E-state index is 13.9. The second-order valence-electron chi connectivity index (χ2n) is 5.85. The maximum Gasteiger partial charge on any atom is 0.146 e. The first-order valence-electron chi connectivity index (χ1n) is 7.05. The van der Waals surface area contributed by atoms with Gasteiger partial charge in [-0.1, -0.05) is 11.6 Å². The van der Waals surface area contributed by atoms with Gasteiger partial charge in [0.1, 0.15) is 5.82 Å². The normalized spacial score (nSPS) is 21.6. The Bertz CT molecular complexity index is 479. The van der Waals surface area contributed by atoms with Crippen LogP contribution < -0.4 is 5.32 Å². The summed E-state index contributed by atoms with van der Waals surface area (Å²) >= 11 is 6.07. The Labute approximate surface area is 118 Å². The van der Waals surface area contributed by atoms with Gasteiger partial charge in [0.2, 0.25) is 0 Å². The molecule has 0 saturated carbocycles. The van der Waals surface area contributed by atoms with Crippen LogP contribution in [-0.4, -0.2) is 30.1 Å². The number of rotatable bonds is 3. The van der Waals surface area contributed by atoms with Crippen LogP contribution in [0.2, 0.25) is 5.02 Å². The summed E-state index contributed by atoms with van der Waals surface area (Å²) in [7, 11) is 0. The molecule has 4 heteroatoms. The number of anilines is 1. The van der Waals surface area contributed by atoms with Gasteiger partial charge in [-0.05, 0) is 63.4 Å². The quantitative estimate of drug-likeness (QED) is 0.906. The van der Waals surface area contributed by atoms with E-state index in [1.54, 1.807) is 6.07 Å². The Morgan fingerprint density at radius 2 is 2.00 bits per heavy atom. The molecule has 2 aliphatic rings. The predicted octanol–water partition coefficient (Wildman–Crippen LogP) is 3.83. The summed E-state index contributed by atoms with van der Waals surface area (Å²) < 4.78 is 13.9. The summed E-state index contributed by atoms with van der Waals surface area (Å²) in [5, 5.41) is 3.91. The second kappa shape index (κ2) is 4.95. The highest BCUT2D eigenvalue weighted by molar-refractivity contribution is 6.31. The molecule has 0 radical (unpaired) electrons. The van der Waals surface area contributed by atoms with E-state index in [9.17, 15) is 4.39 Å². The number of fused-ring (bicyclic) bond motifs is 1. The second-order valence-corrected chi connectivity index (χ2v) is 6.26. The number of hydrogen-bond donors (Lipinski definition) is 1. The van der Waals surface area contributed by atoms with Crippen molar-refractivity contribution in [1.29, 1.82) is 0 Å². The number of hydrogen-bond acceptors (Lipinski definition) is 2. The Balaban J connectivity index is 1.74. The molecule has 0 spiro atoms. The first-order chi connectivity index (χ1) is 9.11. The zero-order valence-electron chi connectivity index (χ0n) is 11.3. The van der Waals surface area contributed by atoms with Gasteiger partial charge in [0.05, 0.1) is 5.69 Å². The monoisotopic (exact) mass is 282 g/mol. The number of aryl methyl sites for hydroxylation is 1. The molecule has 104 valence electrons. The fourth-order valence-electron chi connectivity index (χ4n) is 3.56. The van der Waals surface area contributed by atoms with Crippen molar-refractivity contribution in [2.45, 2.75) is 38.1 Å². The lowest BCUT2D eigenvalue weighted by Gasteiger charge is -2.32. The molecule has 0 bridgehead atoms. The van der Waals surface area contributed by atoms with Gasteiger partial charge in [0.25, 0.3) is 0 Å². The average molecular weight is 283 g/mol. The van der Waals surface area contributed by atoms with E-state index in [4.69, 9.17) is 11.6 Å². The van der Waals surface area contributed by atoms with Crippen molar-refractivity contribution in [3.05, 3.63) is 28.5 Å². The Hall–Kier alpha value is -0.800. The molecule has 1 aromatic carbocycles. The van der Waals surface area contributed by atoms with Gasteiger partial charge in [-0.2, -0.15) is 0 Å². The van der Waals surface area contributed by atoms with Crippen molar-refractivity contribution in [2.75, 3.05) is 25.0 Å². The molecule has 1 aromatic rings. The number of halogens is 2. The molecule has 0 aliphatic carbocycles. The fraction of sp³-hybridized carbons (Fsp3) is 0.600. The molecule has 2 fully saturated rings. The van der Waals surface area contributed by atoms with E-state index in [-0.39, 0.29) is 11.4 Å². The molecule has 2 heterocycles. The molecule has 2 aliphatic heterocycles.